The van der Waals surface area contributed by atoms with Gasteiger partial charge in [0.15, 0.2) is 8.32 Å². The monoisotopic (exact) mass is 376 g/mol. The van der Waals surface area contributed by atoms with Crippen LogP contribution < -0.4 is 10.6 Å². The quantitative estimate of drug-likeness (QED) is 0.819. The van der Waals surface area contributed by atoms with Crippen molar-refractivity contribution in [2.75, 3.05) is 18.0 Å². The third kappa shape index (κ3) is 4.71. The van der Waals surface area contributed by atoms with Crippen molar-refractivity contribution < 1.29 is 17.6 Å². The van der Waals surface area contributed by atoms with Crippen LogP contribution in [0.4, 0.5) is 19.1 Å². The molecule has 2 heterocycles. The zero-order valence-electron chi connectivity index (χ0n) is 15.4. The van der Waals surface area contributed by atoms with Gasteiger partial charge in [-0.25, -0.2) is 9.97 Å². The largest absolute Gasteiger partial charge is 0.419 e. The lowest BCUT2D eigenvalue weighted by Crippen LogP contribution is -2.57. The molecular weight excluding hydrogens is 349 g/mol. The fraction of sp³-hybridized carbons (Fsp3) is 0.750. The number of halogens is 3. The van der Waals surface area contributed by atoms with E-state index in [1.54, 1.807) is 0 Å². The molecule has 0 aromatic carbocycles. The van der Waals surface area contributed by atoms with E-state index in [1.165, 1.54) is 0 Å². The number of hydrogen-bond acceptors (Lipinski definition) is 5. The van der Waals surface area contributed by atoms with E-state index < -0.39 is 20.1 Å². The highest BCUT2D eigenvalue weighted by Gasteiger charge is 2.42. The second-order valence-corrected chi connectivity index (χ2v) is 12.8. The minimum atomic E-state index is -4.43. The van der Waals surface area contributed by atoms with Gasteiger partial charge < -0.3 is 15.1 Å². The van der Waals surface area contributed by atoms with E-state index in [1.807, 2.05) is 4.90 Å². The van der Waals surface area contributed by atoms with E-state index in [2.05, 4.69) is 43.8 Å². The van der Waals surface area contributed by atoms with Crippen molar-refractivity contribution in [3.05, 3.63) is 18.0 Å². The Morgan fingerprint density at radius 3 is 2.24 bits per heavy atom. The third-order valence-electron chi connectivity index (χ3n) is 5.11. The second-order valence-electron chi connectivity index (χ2n) is 8.08. The van der Waals surface area contributed by atoms with E-state index >= 15 is 0 Å². The molecule has 1 fully saturated rings. The van der Waals surface area contributed by atoms with Gasteiger partial charge in [0.2, 0.25) is 5.95 Å². The normalized spacial score (nSPS) is 23.0. The number of hydrogen-bond donors (Lipinski definition) is 1. The lowest BCUT2D eigenvalue weighted by Gasteiger charge is -2.44. The Kier molecular flexibility index (Phi) is 5.51. The Morgan fingerprint density at radius 1 is 1.20 bits per heavy atom. The van der Waals surface area contributed by atoms with Crippen molar-refractivity contribution in [3.63, 3.8) is 0 Å². The minimum Gasteiger partial charge on any atom is -0.411 e. The number of rotatable bonds is 3. The summed E-state index contributed by atoms with van der Waals surface area (Å²) in [6, 6.07) is -0.0974. The Balaban J connectivity index is 2.12. The standard InChI is InChI=1S/C16H27F3N4OSi/c1-15(2,3)25(4,5)24-13-10-23(7-6-12(13)20)14-21-8-11(9-22-14)16(17,18)19/h8-9,12-13H,6-7,10,20H2,1-5H3/t12-,13-/m1/s1. The number of alkyl halides is 3. The summed E-state index contributed by atoms with van der Waals surface area (Å²) in [5.41, 5.74) is 5.38. The van der Waals surface area contributed by atoms with Gasteiger partial charge in [0, 0.05) is 31.5 Å². The van der Waals surface area contributed by atoms with E-state index in [0.717, 1.165) is 12.4 Å². The van der Waals surface area contributed by atoms with E-state index in [9.17, 15) is 13.2 Å². The van der Waals surface area contributed by atoms with Crippen LogP contribution in [0.25, 0.3) is 0 Å². The number of piperidine rings is 1. The summed E-state index contributed by atoms with van der Waals surface area (Å²) in [7, 11) is -1.99. The maximum absolute atomic E-state index is 12.6. The molecule has 142 valence electrons. The lowest BCUT2D eigenvalue weighted by molar-refractivity contribution is -0.138. The van der Waals surface area contributed by atoms with Crippen molar-refractivity contribution in [3.8, 4) is 0 Å². The van der Waals surface area contributed by atoms with Gasteiger partial charge in [-0.05, 0) is 24.6 Å². The average Bonchev–Trinajstić information content (AvgIpc) is 2.47. The van der Waals surface area contributed by atoms with Crippen LogP contribution >= 0.6 is 0 Å². The predicted molar refractivity (Wildman–Crippen MR) is 93.9 cm³/mol. The van der Waals surface area contributed by atoms with Crippen LogP contribution in [0.2, 0.25) is 18.1 Å². The van der Waals surface area contributed by atoms with Gasteiger partial charge in [0.25, 0.3) is 0 Å². The molecule has 0 saturated carbocycles. The van der Waals surface area contributed by atoms with Gasteiger partial charge in [0.1, 0.15) is 0 Å². The minimum absolute atomic E-state index is 0.0554. The first-order valence-corrected chi connectivity index (χ1v) is 11.3. The van der Waals surface area contributed by atoms with Crippen LogP contribution in [0, 0.1) is 0 Å². The summed E-state index contributed by atoms with van der Waals surface area (Å²) in [6.07, 6.45) is -2.29. The molecule has 0 radical (unpaired) electrons. The van der Waals surface area contributed by atoms with Gasteiger partial charge in [0.05, 0.1) is 11.7 Å². The van der Waals surface area contributed by atoms with Crippen LogP contribution in [-0.4, -0.2) is 43.5 Å². The van der Waals surface area contributed by atoms with Gasteiger partial charge in [-0.15, -0.1) is 0 Å². The van der Waals surface area contributed by atoms with Gasteiger partial charge in [-0.3, -0.25) is 0 Å². The highest BCUT2D eigenvalue weighted by atomic mass is 28.4. The van der Waals surface area contributed by atoms with Crippen LogP contribution in [0.3, 0.4) is 0 Å². The highest BCUT2D eigenvalue weighted by Crippen LogP contribution is 2.38. The zero-order valence-corrected chi connectivity index (χ0v) is 16.4. The second kappa shape index (κ2) is 6.84. The Hall–Kier alpha value is -1.19. The molecule has 0 bridgehead atoms. The summed E-state index contributed by atoms with van der Waals surface area (Å²) in [5, 5.41) is 0.0554. The fourth-order valence-electron chi connectivity index (χ4n) is 2.43. The smallest absolute Gasteiger partial charge is 0.411 e. The highest BCUT2D eigenvalue weighted by molar-refractivity contribution is 6.74. The van der Waals surface area contributed by atoms with Crippen molar-refractivity contribution in [1.82, 2.24) is 9.97 Å². The molecule has 0 spiro atoms. The van der Waals surface area contributed by atoms with Crippen molar-refractivity contribution in [2.24, 2.45) is 5.73 Å². The molecular formula is C16H27F3N4OSi. The topological polar surface area (TPSA) is 64.3 Å². The summed E-state index contributed by atoms with van der Waals surface area (Å²) in [6.45, 7) is 11.9. The zero-order chi connectivity index (χ0) is 19.0. The lowest BCUT2D eigenvalue weighted by atomic mass is 10.0. The number of aromatic nitrogens is 2. The first kappa shape index (κ1) is 20.1. The number of nitrogens with two attached hydrogens (primary N) is 1. The fourth-order valence-corrected chi connectivity index (χ4v) is 3.79. The van der Waals surface area contributed by atoms with E-state index in [0.29, 0.717) is 19.5 Å². The molecule has 1 saturated heterocycles. The SMILES string of the molecule is CC(C)(C)[Si](C)(C)O[C@@H]1CN(c2ncc(C(F)(F)F)cn2)CC[C@H]1N. The molecule has 2 rings (SSSR count). The molecule has 1 aliphatic rings. The molecule has 25 heavy (non-hydrogen) atoms. The molecule has 0 unspecified atom stereocenters. The van der Waals surface area contributed by atoms with Gasteiger partial charge >= 0.3 is 6.18 Å². The Labute approximate surface area is 147 Å². The molecule has 0 aliphatic carbocycles. The molecule has 2 atom stereocenters. The van der Waals surface area contributed by atoms with Gasteiger partial charge in [-0.1, -0.05) is 20.8 Å². The van der Waals surface area contributed by atoms with Gasteiger partial charge in [-0.2, -0.15) is 13.2 Å². The first-order chi connectivity index (χ1) is 11.3. The van der Waals surface area contributed by atoms with Crippen molar-refractivity contribution in [1.29, 1.82) is 0 Å². The molecule has 5 nitrogen and oxygen atoms in total. The molecule has 9 heteroatoms. The molecule has 1 aliphatic heterocycles. The summed E-state index contributed by atoms with van der Waals surface area (Å²) >= 11 is 0. The van der Waals surface area contributed by atoms with Crippen LogP contribution in [-0.2, 0) is 10.6 Å². The molecule has 1 aromatic rings. The molecule has 0 amide bonds. The number of nitrogens with zero attached hydrogens (tertiary/aromatic N) is 3. The molecule has 1 aromatic heterocycles. The van der Waals surface area contributed by atoms with Crippen molar-refractivity contribution in [2.45, 2.75) is 63.6 Å². The van der Waals surface area contributed by atoms with Crippen LogP contribution in [0.15, 0.2) is 12.4 Å². The average molecular weight is 376 g/mol. The Morgan fingerprint density at radius 2 is 1.76 bits per heavy atom. The van der Waals surface area contributed by atoms with E-state index in [4.69, 9.17) is 10.2 Å². The first-order valence-electron chi connectivity index (χ1n) is 8.39. The Bertz CT molecular complexity index is 587. The maximum atomic E-state index is 12.6. The summed E-state index contributed by atoms with van der Waals surface area (Å²) in [5.74, 6) is 0.281. The number of anilines is 1. The van der Waals surface area contributed by atoms with Crippen molar-refractivity contribution >= 4 is 14.3 Å². The molecule has 2 N–H and O–H groups in total. The summed E-state index contributed by atoms with van der Waals surface area (Å²) in [4.78, 5) is 9.62. The maximum Gasteiger partial charge on any atom is 0.419 e. The summed E-state index contributed by atoms with van der Waals surface area (Å²) < 4.78 is 44.4. The van der Waals surface area contributed by atoms with Crippen LogP contribution in [0.1, 0.15) is 32.8 Å². The third-order valence-corrected chi connectivity index (χ3v) is 9.62. The predicted octanol–water partition coefficient (Wildman–Crippen LogP) is 3.42. The van der Waals surface area contributed by atoms with E-state index in [-0.39, 0.29) is 23.1 Å². The van der Waals surface area contributed by atoms with Crippen LogP contribution in [0.5, 0.6) is 0 Å².